The largest absolute Gasteiger partial charge is 0.478 e. The van der Waals surface area contributed by atoms with Gasteiger partial charge < -0.3 is 9.84 Å². The number of carboxylic acids is 1. The van der Waals surface area contributed by atoms with E-state index in [9.17, 15) is 9.90 Å². The van der Waals surface area contributed by atoms with Crippen LogP contribution in [0, 0.1) is 12.3 Å². The van der Waals surface area contributed by atoms with Gasteiger partial charge in [-0.15, -0.1) is 6.42 Å². The molecular formula is C30H32Cl2N2O3. The lowest BCUT2D eigenvalue weighted by Crippen LogP contribution is -2.05. The second kappa shape index (κ2) is 14.4. The first kappa shape index (κ1) is 29.9. The summed E-state index contributed by atoms with van der Waals surface area (Å²) in [5, 5.41) is 15.3. The van der Waals surface area contributed by atoms with Gasteiger partial charge in [-0.2, -0.15) is 5.10 Å². The summed E-state index contributed by atoms with van der Waals surface area (Å²) >= 11 is 12.3. The summed E-state index contributed by atoms with van der Waals surface area (Å²) in [6, 6.07) is 1.80. The first-order valence-electron chi connectivity index (χ1n) is 11.7. The van der Waals surface area contributed by atoms with Crippen molar-refractivity contribution >= 4 is 46.5 Å². The van der Waals surface area contributed by atoms with Gasteiger partial charge in [0.05, 0.1) is 38.8 Å². The highest BCUT2D eigenvalue weighted by Gasteiger charge is 2.18. The van der Waals surface area contributed by atoms with Crippen LogP contribution < -0.4 is 0 Å². The van der Waals surface area contributed by atoms with E-state index in [1.807, 2.05) is 45.1 Å². The molecule has 7 heteroatoms. The van der Waals surface area contributed by atoms with Gasteiger partial charge in [0.2, 0.25) is 0 Å². The molecule has 1 aromatic rings. The Balaban J connectivity index is 2.75. The van der Waals surface area contributed by atoms with Crippen LogP contribution >= 0.6 is 23.2 Å². The van der Waals surface area contributed by atoms with E-state index in [2.05, 4.69) is 18.6 Å². The molecule has 0 spiro atoms. The highest BCUT2D eigenvalue weighted by Crippen LogP contribution is 2.29. The lowest BCUT2D eigenvalue weighted by Gasteiger charge is -2.09. The van der Waals surface area contributed by atoms with Crippen LogP contribution in [0.15, 0.2) is 82.0 Å². The van der Waals surface area contributed by atoms with Crippen LogP contribution in [0.5, 0.6) is 0 Å². The topological polar surface area (TPSA) is 64.4 Å². The number of carboxylic acid groups (broad SMARTS) is 1. The first-order chi connectivity index (χ1) is 17.6. The third-order valence-corrected chi connectivity index (χ3v) is 6.20. The molecule has 0 bridgehead atoms. The molecule has 5 nitrogen and oxygen atoms in total. The molecule has 1 aliphatic carbocycles. The Morgan fingerprint density at radius 2 is 2.14 bits per heavy atom. The third-order valence-electron chi connectivity index (χ3n) is 5.57. The van der Waals surface area contributed by atoms with E-state index in [1.165, 1.54) is 12.2 Å². The molecule has 2 rings (SSSR count). The smallest absolute Gasteiger partial charge is 0.336 e. The van der Waals surface area contributed by atoms with E-state index in [0.717, 1.165) is 29.7 Å². The SMILES string of the molecule is C#C/C=C(CC=C(C)C)/C(=C/c1cc(C(/C=C(/Cl)C(=C)Cl)=C/C)n(C2=CCCC(OC)C=C2)n1)C(=O)O. The molecule has 0 amide bonds. The maximum Gasteiger partial charge on any atom is 0.336 e. The van der Waals surface area contributed by atoms with Crippen LogP contribution in [0.25, 0.3) is 17.3 Å². The Morgan fingerprint density at radius 3 is 2.70 bits per heavy atom. The Labute approximate surface area is 229 Å². The predicted octanol–water partition coefficient (Wildman–Crippen LogP) is 7.75. The van der Waals surface area contributed by atoms with E-state index < -0.39 is 5.97 Å². The van der Waals surface area contributed by atoms with E-state index in [0.29, 0.717) is 23.4 Å². The van der Waals surface area contributed by atoms with Gasteiger partial charge in [0.1, 0.15) is 0 Å². The van der Waals surface area contributed by atoms with Gasteiger partial charge in [0, 0.05) is 7.11 Å². The summed E-state index contributed by atoms with van der Waals surface area (Å²) < 4.78 is 7.25. The van der Waals surface area contributed by atoms with Gasteiger partial charge in [-0.3, -0.25) is 0 Å². The lowest BCUT2D eigenvalue weighted by molar-refractivity contribution is -0.132. The summed E-state index contributed by atoms with van der Waals surface area (Å²) in [4.78, 5) is 12.3. The molecule has 1 unspecified atom stereocenters. The molecule has 0 aromatic carbocycles. The fourth-order valence-corrected chi connectivity index (χ4v) is 3.78. The minimum Gasteiger partial charge on any atom is -0.478 e. The molecule has 1 aliphatic rings. The monoisotopic (exact) mass is 538 g/mol. The number of methoxy groups -OCH3 is 1. The average molecular weight is 540 g/mol. The van der Waals surface area contributed by atoms with Crippen LogP contribution in [-0.4, -0.2) is 34.1 Å². The predicted molar refractivity (Wildman–Crippen MR) is 155 cm³/mol. The minimum atomic E-state index is -1.09. The molecule has 0 aliphatic heterocycles. The van der Waals surface area contributed by atoms with Gasteiger partial charge in [-0.05, 0) is 81.6 Å². The van der Waals surface area contributed by atoms with Crippen molar-refractivity contribution in [1.82, 2.24) is 9.78 Å². The summed E-state index contributed by atoms with van der Waals surface area (Å²) in [5.74, 6) is 1.36. The second-order valence-electron chi connectivity index (χ2n) is 8.53. The second-order valence-corrected chi connectivity index (χ2v) is 9.40. The number of terminal acetylenes is 1. The Hall–Kier alpha value is -3.30. The van der Waals surface area contributed by atoms with Crippen LogP contribution in [0.3, 0.4) is 0 Å². The van der Waals surface area contributed by atoms with E-state index in [1.54, 1.807) is 23.9 Å². The van der Waals surface area contributed by atoms with E-state index >= 15 is 0 Å². The lowest BCUT2D eigenvalue weighted by atomic mass is 10.00. The summed E-state index contributed by atoms with van der Waals surface area (Å²) in [6.45, 7) is 9.45. The molecular weight excluding hydrogens is 507 g/mol. The maximum absolute atomic E-state index is 12.3. The van der Waals surface area contributed by atoms with Gasteiger partial charge >= 0.3 is 5.97 Å². The molecule has 0 saturated heterocycles. The number of hydrogen-bond acceptors (Lipinski definition) is 3. The van der Waals surface area contributed by atoms with Gasteiger partial charge in [-0.25, -0.2) is 9.48 Å². The zero-order valence-corrected chi connectivity index (χ0v) is 23.1. The number of hydrogen-bond donors (Lipinski definition) is 1. The first-order valence-corrected chi connectivity index (χ1v) is 12.5. The number of nitrogens with zero attached hydrogens (tertiary/aromatic N) is 2. The number of aliphatic carboxylic acids is 1. The Kier molecular flexibility index (Phi) is 11.7. The molecule has 37 heavy (non-hydrogen) atoms. The molecule has 1 heterocycles. The zero-order valence-electron chi connectivity index (χ0n) is 21.6. The Morgan fingerprint density at radius 1 is 1.41 bits per heavy atom. The number of halogens is 2. The summed E-state index contributed by atoms with van der Waals surface area (Å²) in [6.07, 6.45) is 22.0. The third kappa shape index (κ3) is 8.65. The molecule has 194 valence electrons. The molecule has 1 N–H and O–H groups in total. The van der Waals surface area contributed by atoms with Crippen LogP contribution in [0.2, 0.25) is 0 Å². The molecule has 0 radical (unpaired) electrons. The molecule has 0 saturated carbocycles. The Bertz CT molecular complexity index is 1290. The van der Waals surface area contributed by atoms with Crippen LogP contribution in [0.4, 0.5) is 0 Å². The van der Waals surface area contributed by atoms with Crippen molar-refractivity contribution in [3.8, 4) is 12.3 Å². The van der Waals surface area contributed by atoms with Crippen molar-refractivity contribution in [1.29, 1.82) is 0 Å². The van der Waals surface area contributed by atoms with E-state index in [4.69, 9.17) is 39.5 Å². The van der Waals surface area contributed by atoms with Gasteiger partial charge in [0.25, 0.3) is 0 Å². The number of rotatable bonds is 10. The highest BCUT2D eigenvalue weighted by molar-refractivity contribution is 6.44. The number of carbonyl (C=O) groups is 1. The van der Waals surface area contributed by atoms with Crippen LogP contribution in [0.1, 0.15) is 51.4 Å². The standard InChI is InChI=1S/C30H32Cl2N2O3/c1-7-10-23(14-13-20(3)4)27(30(35)36)18-24-19-29(22(8-2)17-28(32)21(5)31)34(33-24)25-11-9-12-26(37-6)16-15-25/h1,8,10-11,13,15-19,26H,5,9,12,14H2,2-4,6H3,(H,35,36)/b22-8+,23-10+,27-18-,28-17+. The van der Waals surface area contributed by atoms with Gasteiger partial charge in [0.15, 0.2) is 0 Å². The van der Waals surface area contributed by atoms with Crippen molar-refractivity contribution in [2.24, 2.45) is 0 Å². The van der Waals surface area contributed by atoms with Crippen molar-refractivity contribution in [2.75, 3.05) is 7.11 Å². The molecule has 1 aromatic heterocycles. The fraction of sp³-hybridized carbons (Fsp3) is 0.267. The van der Waals surface area contributed by atoms with Crippen molar-refractivity contribution < 1.29 is 14.6 Å². The van der Waals surface area contributed by atoms with E-state index in [-0.39, 0.29) is 21.7 Å². The maximum atomic E-state index is 12.3. The van der Waals surface area contributed by atoms with Crippen molar-refractivity contribution in [2.45, 2.75) is 46.1 Å². The zero-order chi connectivity index (χ0) is 27.5. The molecule has 0 fully saturated rings. The minimum absolute atomic E-state index is 0.00706. The number of ether oxygens (including phenoxy) is 1. The quantitative estimate of drug-likeness (QED) is 0.143. The number of allylic oxidation sites excluding steroid dienone is 11. The van der Waals surface area contributed by atoms with Crippen LogP contribution in [-0.2, 0) is 9.53 Å². The highest BCUT2D eigenvalue weighted by atomic mass is 35.5. The fourth-order valence-electron chi connectivity index (χ4n) is 3.61. The average Bonchev–Trinajstić information content (AvgIpc) is 3.11. The normalized spacial score (nSPS) is 17.1. The summed E-state index contributed by atoms with van der Waals surface area (Å²) in [5.41, 5.74) is 4.35. The number of aromatic nitrogens is 2. The van der Waals surface area contributed by atoms with Crippen molar-refractivity contribution in [3.05, 3.63) is 93.3 Å². The van der Waals surface area contributed by atoms with Gasteiger partial charge in [-0.1, -0.05) is 65.6 Å². The summed E-state index contributed by atoms with van der Waals surface area (Å²) in [7, 11) is 1.68. The molecule has 1 atom stereocenters. The van der Waals surface area contributed by atoms with Crippen molar-refractivity contribution in [3.63, 3.8) is 0 Å².